The van der Waals surface area contributed by atoms with Crippen LogP contribution < -0.4 is 32.5 Å². The molecule has 3 aromatic rings. The Kier molecular flexibility index (Phi) is 13.3. The van der Waals surface area contributed by atoms with Crippen LogP contribution in [0.1, 0.15) is 51.5 Å². The van der Waals surface area contributed by atoms with Gasteiger partial charge in [0.25, 0.3) is 0 Å². The zero-order valence-electron chi connectivity index (χ0n) is 27.9. The third kappa shape index (κ3) is 10.9. The van der Waals surface area contributed by atoms with Crippen LogP contribution in [0.5, 0.6) is 5.75 Å². The van der Waals surface area contributed by atoms with Crippen molar-refractivity contribution in [1.82, 2.24) is 24.2 Å². The summed E-state index contributed by atoms with van der Waals surface area (Å²) in [5.41, 5.74) is 9.78. The topological polar surface area (TPSA) is 253 Å². The number of anilines is 2. The first-order chi connectivity index (χ1) is 24.5. The minimum atomic E-state index is -4.07. The van der Waals surface area contributed by atoms with E-state index in [-0.39, 0.29) is 49.9 Å². The number of carbonyl (C=O) groups is 1. The average Bonchev–Trinajstić information content (AvgIpc) is 3.79. The van der Waals surface area contributed by atoms with Crippen molar-refractivity contribution in [2.45, 2.75) is 76.2 Å². The van der Waals surface area contributed by atoms with Crippen molar-refractivity contribution in [3.05, 3.63) is 75.8 Å². The second-order valence-electron chi connectivity index (χ2n) is 11.7. The van der Waals surface area contributed by atoms with Crippen molar-refractivity contribution in [2.75, 3.05) is 37.9 Å². The first-order valence-corrected chi connectivity index (χ1v) is 17.9. The summed E-state index contributed by atoms with van der Waals surface area (Å²) in [6, 6.07) is 10.4. The van der Waals surface area contributed by atoms with Gasteiger partial charge in [-0.2, -0.15) is 15.1 Å². The van der Waals surface area contributed by atoms with Crippen LogP contribution in [0.2, 0.25) is 0 Å². The van der Waals surface area contributed by atoms with Gasteiger partial charge in [0.15, 0.2) is 25.0 Å². The van der Waals surface area contributed by atoms with Crippen molar-refractivity contribution < 1.29 is 47.2 Å². The van der Waals surface area contributed by atoms with Crippen molar-refractivity contribution >= 4 is 25.4 Å². The quantitative estimate of drug-likeness (QED) is 0.152. The fourth-order valence-corrected chi connectivity index (χ4v) is 6.74. The second-order valence-corrected chi connectivity index (χ2v) is 13.4. The maximum Gasteiger partial charge on any atom is 0.459 e. The molecule has 4 heterocycles. The van der Waals surface area contributed by atoms with Gasteiger partial charge in [-0.1, -0.05) is 24.6 Å². The van der Waals surface area contributed by atoms with Gasteiger partial charge in [-0.15, -0.1) is 0 Å². The molecule has 278 valence electrons. The second kappa shape index (κ2) is 17.8. The van der Waals surface area contributed by atoms with Gasteiger partial charge in [-0.3, -0.25) is 18.5 Å². The maximum atomic E-state index is 13.6. The molecular weight excluding hydrogens is 693 g/mol. The van der Waals surface area contributed by atoms with Crippen LogP contribution in [0, 0.1) is 0 Å². The van der Waals surface area contributed by atoms with E-state index in [1.165, 1.54) is 40.6 Å². The Hall–Kier alpha value is -4.20. The summed E-state index contributed by atoms with van der Waals surface area (Å²) >= 11 is 0. The van der Waals surface area contributed by atoms with E-state index in [9.17, 15) is 18.9 Å². The fourth-order valence-electron chi connectivity index (χ4n) is 5.26. The Labute approximate surface area is 292 Å². The Bertz CT molecular complexity index is 1760. The number of aliphatic hydroxyl groups is 1. The molecule has 6 N–H and O–H groups in total. The zero-order chi connectivity index (χ0) is 36.4. The van der Waals surface area contributed by atoms with E-state index >= 15 is 0 Å². The molecule has 2 aromatic heterocycles. The summed E-state index contributed by atoms with van der Waals surface area (Å²) in [6.07, 6.45) is 4.64. The third-order valence-electron chi connectivity index (χ3n) is 7.83. The van der Waals surface area contributed by atoms with Crippen LogP contribution in [0.15, 0.2) is 64.4 Å². The van der Waals surface area contributed by atoms with Gasteiger partial charge < -0.3 is 44.8 Å². The summed E-state index contributed by atoms with van der Waals surface area (Å²) in [6.45, 7) is 1.25. The number of nitrogens with zero attached hydrogens (tertiary/aromatic N) is 4. The van der Waals surface area contributed by atoms with Gasteiger partial charge in [0.1, 0.15) is 36.1 Å². The van der Waals surface area contributed by atoms with E-state index in [0.29, 0.717) is 0 Å². The molecule has 0 amide bonds. The summed E-state index contributed by atoms with van der Waals surface area (Å²) < 4.78 is 54.5. The molecule has 0 spiro atoms. The molecule has 6 rings (SSSR count). The molecule has 0 bridgehead atoms. The Morgan fingerprint density at radius 2 is 1.51 bits per heavy atom. The average molecular weight is 736 g/mol. The number of hydrogen-bond acceptors (Lipinski definition) is 16. The van der Waals surface area contributed by atoms with Crippen LogP contribution in [-0.4, -0.2) is 81.3 Å². The van der Waals surface area contributed by atoms with Gasteiger partial charge in [0.05, 0.1) is 19.8 Å². The van der Waals surface area contributed by atoms with E-state index in [4.69, 9.17) is 49.3 Å². The van der Waals surface area contributed by atoms with E-state index < -0.39 is 56.2 Å². The van der Waals surface area contributed by atoms with E-state index in [1.54, 1.807) is 30.3 Å². The standard InChI is InChI=1S/C23H31N4O8P.C8H11N3O4/c1-16(22(28)33-17-8-4-2-5-9-17)26-36(30,35-18-10-6-3-7-11-18)32-15-21-31-14-20(34-21)27-13-12-19(24)25-23(27)29;9-5-1-2-11(8(13)10-5)6-4-14-7(3-12)15-6/h3,6-7,10-13,16-17,20-21H,2,4-5,8-9,14-15H2,1H3,(H,26,30)(H2,24,25,29);1-2,6-7,12H,3-4H2,(H2,9,10,13)/t16-,20-,21-,36+;6-,7-/m00/s1. The molecule has 2 aliphatic heterocycles. The number of nitrogens with two attached hydrogens (primary N) is 2. The number of aromatic nitrogens is 4. The summed E-state index contributed by atoms with van der Waals surface area (Å²) in [5, 5.41) is 11.4. The summed E-state index contributed by atoms with van der Waals surface area (Å²) in [4.78, 5) is 43.3. The molecule has 6 atom stereocenters. The lowest BCUT2D eigenvalue weighted by molar-refractivity contribution is -0.152. The number of ether oxygens (including phenoxy) is 5. The number of hydrogen-bond donors (Lipinski definition) is 4. The third-order valence-corrected chi connectivity index (χ3v) is 9.47. The number of benzene rings is 1. The number of aliphatic hydroxyl groups excluding tert-OH is 1. The molecule has 0 radical (unpaired) electrons. The molecule has 1 aliphatic carbocycles. The molecule has 3 fully saturated rings. The van der Waals surface area contributed by atoms with Gasteiger partial charge in [-0.05, 0) is 56.9 Å². The van der Waals surface area contributed by atoms with Crippen LogP contribution >= 0.6 is 7.75 Å². The number of nitrogens with one attached hydrogen (secondary N) is 1. The number of rotatable bonds is 12. The predicted octanol–water partition coefficient (Wildman–Crippen LogP) is 1.44. The molecule has 2 saturated heterocycles. The van der Waals surface area contributed by atoms with E-state index in [0.717, 1.165) is 32.1 Å². The minimum Gasteiger partial charge on any atom is -0.461 e. The molecule has 3 aliphatic rings. The lowest BCUT2D eigenvalue weighted by Gasteiger charge is -2.26. The van der Waals surface area contributed by atoms with Crippen molar-refractivity contribution in [3.63, 3.8) is 0 Å². The number of carbonyl (C=O) groups excluding carboxylic acids is 1. The molecule has 19 nitrogen and oxygen atoms in total. The zero-order valence-corrected chi connectivity index (χ0v) is 28.7. The number of esters is 1. The lowest BCUT2D eigenvalue weighted by Crippen LogP contribution is -2.38. The molecule has 1 aromatic carbocycles. The van der Waals surface area contributed by atoms with Crippen LogP contribution in [0.3, 0.4) is 0 Å². The van der Waals surface area contributed by atoms with Crippen molar-refractivity contribution in [3.8, 4) is 5.75 Å². The highest BCUT2D eigenvalue weighted by Crippen LogP contribution is 2.45. The van der Waals surface area contributed by atoms with Crippen LogP contribution in [0.4, 0.5) is 11.6 Å². The largest absolute Gasteiger partial charge is 0.461 e. The molecule has 51 heavy (non-hydrogen) atoms. The predicted molar refractivity (Wildman–Crippen MR) is 179 cm³/mol. The van der Waals surface area contributed by atoms with E-state index in [2.05, 4.69) is 15.1 Å². The van der Waals surface area contributed by atoms with E-state index in [1.807, 2.05) is 0 Å². The Balaban J connectivity index is 0.000000279. The molecule has 20 heteroatoms. The smallest absolute Gasteiger partial charge is 0.459 e. The highest BCUT2D eigenvalue weighted by atomic mass is 31.2. The highest BCUT2D eigenvalue weighted by molar-refractivity contribution is 7.52. The summed E-state index contributed by atoms with van der Waals surface area (Å²) in [5.74, 6) is 0.00277. The first kappa shape index (κ1) is 38.0. The number of para-hydroxylation sites is 1. The lowest BCUT2D eigenvalue weighted by atomic mass is 9.98. The van der Waals surface area contributed by atoms with Gasteiger partial charge in [0, 0.05) is 12.4 Å². The fraction of sp³-hybridized carbons (Fsp3) is 0.516. The molecule has 1 saturated carbocycles. The van der Waals surface area contributed by atoms with Gasteiger partial charge in [0.2, 0.25) is 0 Å². The Morgan fingerprint density at radius 1 is 0.941 bits per heavy atom. The van der Waals surface area contributed by atoms with Crippen LogP contribution in [-0.2, 0) is 37.6 Å². The van der Waals surface area contributed by atoms with Gasteiger partial charge >= 0.3 is 25.1 Å². The molecular formula is C31H42N7O12P. The first-order valence-electron chi connectivity index (χ1n) is 16.3. The maximum absolute atomic E-state index is 13.6. The Morgan fingerprint density at radius 3 is 2.06 bits per heavy atom. The van der Waals surface area contributed by atoms with Crippen molar-refractivity contribution in [2.24, 2.45) is 0 Å². The van der Waals surface area contributed by atoms with Gasteiger partial charge in [-0.25, -0.2) is 14.2 Å². The SMILES string of the molecule is C[C@H](N[P@@](=O)(OC[C@H]1OC[C@@H](n2ccc(N)nc2=O)O1)Oc1ccccc1)C(=O)OC1CCCCC1.Nc1ccn([C@@H]2CO[C@H](CO)O2)c(=O)n1. The van der Waals surface area contributed by atoms with Crippen molar-refractivity contribution in [1.29, 1.82) is 0 Å². The molecule has 0 unspecified atom stereocenters. The minimum absolute atomic E-state index is 0.0426. The normalized spacial score (nSPS) is 23.8. The number of nitrogen functional groups attached to an aromatic ring is 2. The van der Waals surface area contributed by atoms with Crippen LogP contribution in [0.25, 0.3) is 0 Å². The monoisotopic (exact) mass is 735 g/mol. The highest BCUT2D eigenvalue weighted by Gasteiger charge is 2.36. The summed E-state index contributed by atoms with van der Waals surface area (Å²) in [7, 11) is -4.07.